The quantitative estimate of drug-likeness (QED) is 0.603. The summed E-state index contributed by atoms with van der Waals surface area (Å²) in [4.78, 5) is 0. The summed E-state index contributed by atoms with van der Waals surface area (Å²) in [6.07, 6.45) is 6.76. The van der Waals surface area contributed by atoms with Crippen LogP contribution in [0, 0.1) is 0 Å². The van der Waals surface area contributed by atoms with Crippen molar-refractivity contribution in [3.05, 3.63) is 60.2 Å². The monoisotopic (exact) mass is 170 g/mol. The molecule has 0 aliphatic heterocycles. The molecule has 1 atom stereocenters. The first kappa shape index (κ1) is 8.31. The second kappa shape index (κ2) is 3.61. The Hall–Kier alpha value is -1.30. The average Bonchev–Trinajstić information content (AvgIpc) is 2.20. The Labute approximate surface area is 79.6 Å². The number of rotatable bonds is 1. The molecule has 0 saturated carbocycles. The molecule has 13 heavy (non-hydrogen) atoms. The summed E-state index contributed by atoms with van der Waals surface area (Å²) in [5.74, 6) is 0.603. The lowest BCUT2D eigenvalue weighted by molar-refractivity contribution is 0.718. The van der Waals surface area contributed by atoms with Gasteiger partial charge < -0.3 is 0 Å². The van der Waals surface area contributed by atoms with Crippen LogP contribution in [0.25, 0.3) is 0 Å². The van der Waals surface area contributed by atoms with Crippen molar-refractivity contribution in [1.82, 2.24) is 0 Å². The van der Waals surface area contributed by atoms with E-state index in [0.717, 1.165) is 6.42 Å². The van der Waals surface area contributed by atoms with E-state index in [-0.39, 0.29) is 0 Å². The highest BCUT2D eigenvalue weighted by Crippen LogP contribution is 2.28. The molecule has 0 radical (unpaired) electrons. The van der Waals surface area contributed by atoms with Gasteiger partial charge in [-0.05, 0) is 18.4 Å². The normalized spacial score (nSPS) is 21.8. The molecule has 0 N–H and O–H groups in total. The van der Waals surface area contributed by atoms with Gasteiger partial charge in [0.2, 0.25) is 0 Å². The molecule has 0 amide bonds. The maximum absolute atomic E-state index is 3.96. The van der Waals surface area contributed by atoms with E-state index in [0.29, 0.717) is 5.92 Å². The average molecular weight is 170 g/mol. The third kappa shape index (κ3) is 1.89. The van der Waals surface area contributed by atoms with Gasteiger partial charge in [0.25, 0.3) is 0 Å². The first-order valence-corrected chi connectivity index (χ1v) is 4.77. The van der Waals surface area contributed by atoms with Crippen LogP contribution in [0.5, 0.6) is 0 Å². The second-order valence-electron chi connectivity index (χ2n) is 3.57. The highest BCUT2D eigenvalue weighted by Gasteiger charge is 2.11. The maximum atomic E-state index is 3.96. The molecule has 1 aliphatic carbocycles. The summed E-state index contributed by atoms with van der Waals surface area (Å²) < 4.78 is 0. The van der Waals surface area contributed by atoms with Gasteiger partial charge in [0, 0.05) is 5.92 Å². The summed E-state index contributed by atoms with van der Waals surface area (Å²) >= 11 is 0. The zero-order valence-electron chi connectivity index (χ0n) is 7.74. The number of hydrogen-bond acceptors (Lipinski definition) is 0. The van der Waals surface area contributed by atoms with E-state index in [2.05, 4.69) is 49.1 Å². The molecule has 1 aromatic carbocycles. The standard InChI is InChI=1S/C13H14/c1-11-7-9-13(10-8-11)12-5-3-2-4-6-12/h2-7,9,13H,1,8,10H2. The van der Waals surface area contributed by atoms with E-state index in [4.69, 9.17) is 0 Å². The minimum atomic E-state index is 0.603. The van der Waals surface area contributed by atoms with Gasteiger partial charge >= 0.3 is 0 Å². The molecule has 0 heteroatoms. The fourth-order valence-electron chi connectivity index (χ4n) is 1.75. The molecule has 0 saturated heterocycles. The van der Waals surface area contributed by atoms with Crippen molar-refractivity contribution in [1.29, 1.82) is 0 Å². The lowest BCUT2D eigenvalue weighted by atomic mass is 9.88. The van der Waals surface area contributed by atoms with E-state index in [1.54, 1.807) is 0 Å². The zero-order valence-corrected chi connectivity index (χ0v) is 7.74. The molecule has 0 heterocycles. The fraction of sp³-hybridized carbons (Fsp3) is 0.231. The smallest absolute Gasteiger partial charge is 0.00243 e. The predicted molar refractivity (Wildman–Crippen MR) is 56.7 cm³/mol. The second-order valence-corrected chi connectivity index (χ2v) is 3.57. The van der Waals surface area contributed by atoms with Crippen LogP contribution in [-0.2, 0) is 0 Å². The van der Waals surface area contributed by atoms with Gasteiger partial charge in [-0.15, -0.1) is 0 Å². The molecule has 0 spiro atoms. The van der Waals surface area contributed by atoms with Crippen molar-refractivity contribution in [3.63, 3.8) is 0 Å². The molecular weight excluding hydrogens is 156 g/mol. The number of allylic oxidation sites excluding steroid dienone is 3. The van der Waals surface area contributed by atoms with Gasteiger partial charge in [-0.2, -0.15) is 0 Å². The van der Waals surface area contributed by atoms with E-state index >= 15 is 0 Å². The first-order chi connectivity index (χ1) is 6.36. The molecule has 2 rings (SSSR count). The lowest BCUT2D eigenvalue weighted by Gasteiger charge is -2.17. The van der Waals surface area contributed by atoms with Crippen LogP contribution < -0.4 is 0 Å². The molecule has 0 nitrogen and oxygen atoms in total. The van der Waals surface area contributed by atoms with Crippen molar-refractivity contribution < 1.29 is 0 Å². The van der Waals surface area contributed by atoms with Crippen LogP contribution in [0.15, 0.2) is 54.6 Å². The Kier molecular flexibility index (Phi) is 2.31. The summed E-state index contributed by atoms with van der Waals surface area (Å²) in [5, 5.41) is 0. The molecule has 1 unspecified atom stereocenters. The van der Waals surface area contributed by atoms with Crippen molar-refractivity contribution in [2.75, 3.05) is 0 Å². The number of benzene rings is 1. The minimum absolute atomic E-state index is 0.603. The van der Waals surface area contributed by atoms with Gasteiger partial charge in [0.05, 0.1) is 0 Å². The summed E-state index contributed by atoms with van der Waals surface area (Å²) in [6, 6.07) is 10.7. The molecule has 1 aliphatic rings. The first-order valence-electron chi connectivity index (χ1n) is 4.77. The molecule has 0 aromatic heterocycles. The van der Waals surface area contributed by atoms with Gasteiger partial charge in [0.15, 0.2) is 0 Å². The van der Waals surface area contributed by atoms with Gasteiger partial charge in [-0.3, -0.25) is 0 Å². The maximum Gasteiger partial charge on any atom is 0.00243 e. The Morgan fingerprint density at radius 3 is 2.54 bits per heavy atom. The summed E-state index contributed by atoms with van der Waals surface area (Å²) in [5.41, 5.74) is 2.68. The van der Waals surface area contributed by atoms with Gasteiger partial charge in [0.1, 0.15) is 0 Å². The van der Waals surface area contributed by atoms with Crippen LogP contribution in [0.3, 0.4) is 0 Å². The highest BCUT2D eigenvalue weighted by molar-refractivity contribution is 5.30. The molecule has 66 valence electrons. The molecule has 0 bridgehead atoms. The van der Waals surface area contributed by atoms with Crippen molar-refractivity contribution in [2.24, 2.45) is 0 Å². The fourth-order valence-corrected chi connectivity index (χ4v) is 1.75. The molecule has 0 fully saturated rings. The lowest BCUT2D eigenvalue weighted by Crippen LogP contribution is -1.99. The van der Waals surface area contributed by atoms with E-state index in [1.807, 2.05) is 0 Å². The van der Waals surface area contributed by atoms with Crippen molar-refractivity contribution in [2.45, 2.75) is 18.8 Å². The molecule has 1 aromatic rings. The Bertz CT molecular complexity index is 319. The Balaban J connectivity index is 2.20. The largest absolute Gasteiger partial charge is 0.0958 e. The van der Waals surface area contributed by atoms with Gasteiger partial charge in [-0.25, -0.2) is 0 Å². The van der Waals surface area contributed by atoms with Crippen molar-refractivity contribution >= 4 is 0 Å². The van der Waals surface area contributed by atoms with Crippen LogP contribution in [0.4, 0.5) is 0 Å². The van der Waals surface area contributed by atoms with Crippen LogP contribution in [-0.4, -0.2) is 0 Å². The minimum Gasteiger partial charge on any atom is -0.0958 e. The van der Waals surface area contributed by atoms with Crippen molar-refractivity contribution in [3.8, 4) is 0 Å². The highest BCUT2D eigenvalue weighted by atomic mass is 14.2. The molecular formula is C13H14. The van der Waals surface area contributed by atoms with Crippen LogP contribution in [0.1, 0.15) is 24.3 Å². The third-order valence-electron chi connectivity index (χ3n) is 2.57. The van der Waals surface area contributed by atoms with Crippen LogP contribution >= 0.6 is 0 Å². The van der Waals surface area contributed by atoms with E-state index < -0.39 is 0 Å². The topological polar surface area (TPSA) is 0 Å². The Morgan fingerprint density at radius 1 is 1.15 bits per heavy atom. The summed E-state index contributed by atoms with van der Waals surface area (Å²) in [7, 11) is 0. The number of hydrogen-bond donors (Lipinski definition) is 0. The zero-order chi connectivity index (χ0) is 9.10. The van der Waals surface area contributed by atoms with Crippen LogP contribution in [0.2, 0.25) is 0 Å². The van der Waals surface area contributed by atoms with E-state index in [1.165, 1.54) is 17.6 Å². The third-order valence-corrected chi connectivity index (χ3v) is 2.57. The predicted octanol–water partition coefficient (Wildman–Crippen LogP) is 3.68. The van der Waals surface area contributed by atoms with E-state index in [9.17, 15) is 0 Å². The summed E-state index contributed by atoms with van der Waals surface area (Å²) in [6.45, 7) is 3.96. The van der Waals surface area contributed by atoms with Gasteiger partial charge in [-0.1, -0.05) is 54.6 Å². The Morgan fingerprint density at radius 2 is 1.92 bits per heavy atom. The SMILES string of the molecule is C=C1C=CC(c2ccccc2)CC1.